The smallest absolute Gasteiger partial charge is 0.306 e. The molecule has 0 saturated heterocycles. The maximum atomic E-state index is 12.7. The zero-order valence-electron chi connectivity index (χ0n) is 21.1. The Balaban J connectivity index is 0.000000177. The molecule has 7 nitrogen and oxygen atoms in total. The van der Waals surface area contributed by atoms with Gasteiger partial charge in [0.05, 0.1) is 17.0 Å². The Morgan fingerprint density at radius 3 is 1.87 bits per heavy atom. The average Bonchev–Trinajstić information content (AvgIpc) is 3.52. The molecule has 1 heterocycles. The number of carboxylic acid groups (broad SMARTS) is 1. The lowest BCUT2D eigenvalue weighted by atomic mass is 9.95. The molecule has 39 heavy (non-hydrogen) atoms. The molecule has 196 valence electrons. The maximum absolute atomic E-state index is 12.7. The third-order valence-corrected chi connectivity index (χ3v) is 7.48. The summed E-state index contributed by atoms with van der Waals surface area (Å²) < 4.78 is 0. The Bertz CT molecular complexity index is 1500. The SMILES string of the molecule is O=C(O)C1CCC[C@H]1CN1C(=O)c2cc3ccccc3cc2C1=O.O=Cc1ccc(-c2ccc(O)cc2)cc1. The first-order valence-corrected chi connectivity index (χ1v) is 12.8. The number of phenolic OH excluding ortho intramolecular Hbond substituents is 1. The number of carboxylic acids is 1. The van der Waals surface area contributed by atoms with Crippen molar-refractivity contribution in [3.8, 4) is 16.9 Å². The van der Waals surface area contributed by atoms with Crippen LogP contribution in [0.15, 0.2) is 84.9 Å². The predicted octanol–water partition coefficient (Wildman–Crippen LogP) is 5.81. The second-order valence-electron chi connectivity index (χ2n) is 9.89. The number of fused-ring (bicyclic) bond motifs is 2. The predicted molar refractivity (Wildman–Crippen MR) is 147 cm³/mol. The minimum atomic E-state index is -0.833. The van der Waals surface area contributed by atoms with Gasteiger partial charge in [0.15, 0.2) is 0 Å². The number of rotatable bonds is 5. The summed E-state index contributed by atoms with van der Waals surface area (Å²) in [5, 5.41) is 20.3. The van der Waals surface area contributed by atoms with Crippen molar-refractivity contribution in [2.75, 3.05) is 6.54 Å². The Morgan fingerprint density at radius 1 is 0.821 bits per heavy atom. The quantitative estimate of drug-likeness (QED) is 0.253. The van der Waals surface area contributed by atoms with Crippen molar-refractivity contribution in [2.24, 2.45) is 11.8 Å². The van der Waals surface area contributed by atoms with Crippen molar-refractivity contribution in [1.82, 2.24) is 4.90 Å². The van der Waals surface area contributed by atoms with Crippen LogP contribution in [0.2, 0.25) is 0 Å². The number of carbonyl (C=O) groups excluding carboxylic acids is 3. The second kappa shape index (κ2) is 10.9. The largest absolute Gasteiger partial charge is 0.508 e. The minimum Gasteiger partial charge on any atom is -0.508 e. The van der Waals surface area contributed by atoms with Gasteiger partial charge in [0.2, 0.25) is 0 Å². The van der Waals surface area contributed by atoms with E-state index < -0.39 is 11.9 Å². The van der Waals surface area contributed by atoms with E-state index in [0.717, 1.165) is 41.0 Å². The molecule has 0 bridgehead atoms. The van der Waals surface area contributed by atoms with Crippen molar-refractivity contribution in [3.63, 3.8) is 0 Å². The second-order valence-corrected chi connectivity index (χ2v) is 9.89. The highest BCUT2D eigenvalue weighted by molar-refractivity contribution is 6.23. The number of phenols is 1. The number of aldehydes is 1. The van der Waals surface area contributed by atoms with Crippen LogP contribution in [0.25, 0.3) is 21.9 Å². The fourth-order valence-electron chi connectivity index (χ4n) is 5.37. The monoisotopic (exact) mass is 521 g/mol. The summed E-state index contributed by atoms with van der Waals surface area (Å²) in [5.74, 6) is -1.82. The number of aromatic hydroxyl groups is 1. The number of hydrogen-bond acceptors (Lipinski definition) is 5. The Labute approximate surface area is 225 Å². The lowest BCUT2D eigenvalue weighted by Gasteiger charge is -2.21. The number of carbonyl (C=O) groups is 4. The van der Waals surface area contributed by atoms with Gasteiger partial charge in [0.25, 0.3) is 11.8 Å². The number of imide groups is 1. The standard InChI is InChI=1S/C19H17NO4.C13H10O2/c21-17-15-8-11-4-1-2-5-12(11)9-16(15)18(22)20(17)10-13-6-3-7-14(13)19(23)24;14-9-10-1-3-11(4-2-10)12-5-7-13(15)8-6-12/h1-2,4-5,8-9,13-14H,3,6-7,10H2,(H,23,24);1-9,15H/t13-,14?;/m0./s1. The summed E-state index contributed by atoms with van der Waals surface area (Å²) in [4.78, 5) is 48.4. The lowest BCUT2D eigenvalue weighted by molar-refractivity contribution is -0.143. The number of aliphatic carboxylic acids is 1. The van der Waals surface area contributed by atoms with Crippen LogP contribution in [0, 0.1) is 11.8 Å². The van der Waals surface area contributed by atoms with E-state index in [9.17, 15) is 24.3 Å². The van der Waals surface area contributed by atoms with Crippen molar-refractivity contribution >= 4 is 34.8 Å². The van der Waals surface area contributed by atoms with Gasteiger partial charge in [-0.05, 0) is 64.9 Å². The van der Waals surface area contributed by atoms with Crippen LogP contribution in [-0.2, 0) is 4.79 Å². The summed E-state index contributed by atoms with van der Waals surface area (Å²) in [7, 11) is 0. The molecule has 0 radical (unpaired) electrons. The van der Waals surface area contributed by atoms with Crippen LogP contribution >= 0.6 is 0 Å². The third kappa shape index (κ3) is 5.29. The van der Waals surface area contributed by atoms with Crippen molar-refractivity contribution in [3.05, 3.63) is 102 Å². The molecule has 1 aliphatic heterocycles. The molecular weight excluding hydrogens is 494 g/mol. The first-order valence-electron chi connectivity index (χ1n) is 12.8. The summed E-state index contributed by atoms with van der Waals surface area (Å²) >= 11 is 0. The molecule has 1 aliphatic carbocycles. The molecule has 2 N–H and O–H groups in total. The van der Waals surface area contributed by atoms with Crippen LogP contribution < -0.4 is 0 Å². The highest BCUT2D eigenvalue weighted by Gasteiger charge is 2.41. The van der Waals surface area contributed by atoms with Gasteiger partial charge in [-0.1, -0.05) is 67.1 Å². The van der Waals surface area contributed by atoms with Crippen LogP contribution in [-0.4, -0.2) is 45.7 Å². The lowest BCUT2D eigenvalue weighted by Crippen LogP contribution is -2.37. The molecule has 1 fully saturated rings. The Hall–Kier alpha value is -4.78. The van der Waals surface area contributed by atoms with Gasteiger partial charge in [-0.25, -0.2) is 0 Å². The molecule has 6 rings (SSSR count). The molecule has 4 aromatic carbocycles. The van der Waals surface area contributed by atoms with Crippen LogP contribution in [0.5, 0.6) is 5.75 Å². The van der Waals surface area contributed by atoms with Gasteiger partial charge in [-0.15, -0.1) is 0 Å². The Kier molecular flexibility index (Phi) is 7.23. The van der Waals surface area contributed by atoms with Crippen molar-refractivity contribution in [2.45, 2.75) is 19.3 Å². The minimum absolute atomic E-state index is 0.154. The zero-order valence-corrected chi connectivity index (χ0v) is 21.1. The maximum Gasteiger partial charge on any atom is 0.306 e. The highest BCUT2D eigenvalue weighted by atomic mass is 16.4. The van der Waals surface area contributed by atoms with Crippen molar-refractivity contribution in [1.29, 1.82) is 0 Å². The topological polar surface area (TPSA) is 112 Å². The summed E-state index contributed by atoms with van der Waals surface area (Å²) in [6.07, 6.45) is 3.01. The van der Waals surface area contributed by atoms with E-state index in [4.69, 9.17) is 5.11 Å². The Morgan fingerprint density at radius 2 is 1.36 bits per heavy atom. The molecule has 1 unspecified atom stereocenters. The molecule has 2 amide bonds. The molecule has 2 atom stereocenters. The van der Waals surface area contributed by atoms with E-state index in [1.165, 1.54) is 4.90 Å². The van der Waals surface area contributed by atoms with Gasteiger partial charge in [0.1, 0.15) is 12.0 Å². The number of amides is 2. The first-order chi connectivity index (χ1) is 18.9. The molecule has 4 aromatic rings. The number of benzene rings is 4. The summed E-state index contributed by atoms with van der Waals surface area (Å²) in [6, 6.07) is 25.4. The normalized spacial score (nSPS) is 18.0. The van der Waals surface area contributed by atoms with E-state index in [1.807, 2.05) is 48.5 Å². The van der Waals surface area contributed by atoms with Crippen LogP contribution in [0.4, 0.5) is 0 Å². The van der Waals surface area contributed by atoms with Crippen molar-refractivity contribution < 1.29 is 29.4 Å². The van der Waals surface area contributed by atoms with E-state index in [-0.39, 0.29) is 30.0 Å². The first kappa shape index (κ1) is 25.9. The number of nitrogens with zero attached hydrogens (tertiary/aromatic N) is 1. The number of hydrogen-bond donors (Lipinski definition) is 2. The third-order valence-electron chi connectivity index (χ3n) is 7.48. The van der Waals surface area contributed by atoms with Gasteiger partial charge in [-0.2, -0.15) is 0 Å². The van der Waals surface area contributed by atoms with Crippen LogP contribution in [0.1, 0.15) is 50.3 Å². The fraction of sp³-hybridized carbons (Fsp3) is 0.188. The molecular formula is C32H27NO6. The summed E-state index contributed by atoms with van der Waals surface area (Å²) in [6.45, 7) is 0.194. The van der Waals surface area contributed by atoms with Gasteiger partial charge in [-0.3, -0.25) is 24.1 Å². The highest BCUT2D eigenvalue weighted by Crippen LogP contribution is 2.35. The van der Waals surface area contributed by atoms with E-state index in [2.05, 4.69) is 0 Å². The van der Waals surface area contributed by atoms with Gasteiger partial charge in [0, 0.05) is 12.1 Å². The molecule has 7 heteroatoms. The van der Waals surface area contributed by atoms with Gasteiger partial charge >= 0.3 is 5.97 Å². The van der Waals surface area contributed by atoms with E-state index >= 15 is 0 Å². The van der Waals surface area contributed by atoms with E-state index in [1.54, 1.807) is 36.4 Å². The van der Waals surface area contributed by atoms with Crippen LogP contribution in [0.3, 0.4) is 0 Å². The molecule has 0 aromatic heterocycles. The molecule has 2 aliphatic rings. The summed E-state index contributed by atoms with van der Waals surface area (Å²) in [5.41, 5.74) is 3.55. The average molecular weight is 522 g/mol. The van der Waals surface area contributed by atoms with Gasteiger partial charge < -0.3 is 10.2 Å². The zero-order chi connectivity index (χ0) is 27.5. The molecule has 0 spiro atoms. The molecule has 1 saturated carbocycles. The fourth-order valence-corrected chi connectivity index (χ4v) is 5.37. The van der Waals surface area contributed by atoms with E-state index in [0.29, 0.717) is 23.1 Å².